The summed E-state index contributed by atoms with van der Waals surface area (Å²) in [5, 5.41) is 3.74. The van der Waals surface area contributed by atoms with Gasteiger partial charge in [-0.05, 0) is 36.2 Å². The Morgan fingerprint density at radius 1 is 1.14 bits per heavy atom. The van der Waals surface area contributed by atoms with Gasteiger partial charge < -0.3 is 5.32 Å². The molecule has 0 bridgehead atoms. The van der Waals surface area contributed by atoms with Crippen LogP contribution >= 0.6 is 11.3 Å². The summed E-state index contributed by atoms with van der Waals surface area (Å²) in [6.07, 6.45) is 3.20. The number of aryl methyl sites for hydroxylation is 2. The fraction of sp³-hybridized carbons (Fsp3) is 0.238. The average Bonchev–Trinajstić information content (AvgIpc) is 3.09. The van der Waals surface area contributed by atoms with E-state index >= 15 is 0 Å². The molecule has 28 heavy (non-hydrogen) atoms. The van der Waals surface area contributed by atoms with Crippen LogP contribution in [0.1, 0.15) is 25.2 Å². The molecule has 3 aromatic heterocycles. The Bertz CT molecular complexity index is 1230. The summed E-state index contributed by atoms with van der Waals surface area (Å²) in [6.45, 7) is 3.94. The average molecular weight is 392 g/mol. The van der Waals surface area contributed by atoms with Gasteiger partial charge in [-0.2, -0.15) is 0 Å². The lowest BCUT2D eigenvalue weighted by Crippen LogP contribution is -2.30. The molecule has 0 spiro atoms. The standard InChI is InChI=1S/C21H20N4O2S/c1-3-13-7-9-14(10-8-13)23-17(26)12-25-16(4-2)24-18-15-6-5-11-22-20(15)28-19(18)21(25)27/h5-11H,3-4,12H2,1-2H3,(H,23,26). The summed E-state index contributed by atoms with van der Waals surface area (Å²) >= 11 is 1.32. The first-order valence-corrected chi connectivity index (χ1v) is 10.1. The number of thiophene rings is 1. The van der Waals surface area contributed by atoms with Gasteiger partial charge in [-0.3, -0.25) is 14.2 Å². The molecule has 0 saturated heterocycles. The Hall–Kier alpha value is -3.06. The second-order valence-corrected chi connectivity index (χ2v) is 7.51. The minimum Gasteiger partial charge on any atom is -0.325 e. The van der Waals surface area contributed by atoms with Crippen molar-refractivity contribution in [2.75, 3.05) is 5.32 Å². The van der Waals surface area contributed by atoms with Gasteiger partial charge in [0.05, 0.1) is 5.52 Å². The van der Waals surface area contributed by atoms with Gasteiger partial charge in [-0.1, -0.05) is 26.0 Å². The SMILES string of the molecule is CCc1ccc(NC(=O)Cn2c(CC)nc3c(sc4ncccc43)c2=O)cc1. The first-order chi connectivity index (χ1) is 13.6. The van der Waals surface area contributed by atoms with Crippen molar-refractivity contribution in [2.45, 2.75) is 33.2 Å². The number of hydrogen-bond acceptors (Lipinski definition) is 5. The zero-order chi connectivity index (χ0) is 19.7. The number of nitrogens with one attached hydrogen (secondary N) is 1. The molecule has 0 aliphatic heterocycles. The van der Waals surface area contributed by atoms with Gasteiger partial charge in [-0.15, -0.1) is 11.3 Å². The molecular formula is C21H20N4O2S. The molecule has 7 heteroatoms. The largest absolute Gasteiger partial charge is 0.325 e. The number of pyridine rings is 1. The summed E-state index contributed by atoms with van der Waals surface area (Å²) in [5.74, 6) is 0.346. The smallest absolute Gasteiger partial charge is 0.272 e. The van der Waals surface area contributed by atoms with Crippen LogP contribution in [0.15, 0.2) is 47.4 Å². The van der Waals surface area contributed by atoms with Crippen LogP contribution in [0.2, 0.25) is 0 Å². The van der Waals surface area contributed by atoms with Crippen LogP contribution < -0.4 is 10.9 Å². The molecule has 0 fully saturated rings. The highest BCUT2D eigenvalue weighted by Gasteiger charge is 2.17. The maximum absolute atomic E-state index is 13.1. The second kappa shape index (κ2) is 7.52. The highest BCUT2D eigenvalue weighted by molar-refractivity contribution is 7.25. The van der Waals surface area contributed by atoms with Crippen molar-refractivity contribution < 1.29 is 4.79 Å². The third-order valence-electron chi connectivity index (χ3n) is 4.70. The Morgan fingerprint density at radius 3 is 2.64 bits per heavy atom. The van der Waals surface area contributed by atoms with Crippen molar-refractivity contribution in [3.8, 4) is 0 Å². The summed E-state index contributed by atoms with van der Waals surface area (Å²) < 4.78 is 2.00. The lowest BCUT2D eigenvalue weighted by Gasteiger charge is -2.12. The number of fused-ring (bicyclic) bond motifs is 3. The lowest BCUT2D eigenvalue weighted by atomic mass is 10.1. The number of amides is 1. The molecule has 6 nitrogen and oxygen atoms in total. The zero-order valence-electron chi connectivity index (χ0n) is 15.7. The lowest BCUT2D eigenvalue weighted by molar-refractivity contribution is -0.116. The number of hydrogen-bond donors (Lipinski definition) is 1. The van der Waals surface area contributed by atoms with Gasteiger partial charge in [0.15, 0.2) is 0 Å². The maximum atomic E-state index is 13.1. The number of anilines is 1. The van der Waals surface area contributed by atoms with E-state index in [2.05, 4.69) is 22.2 Å². The summed E-state index contributed by atoms with van der Waals surface area (Å²) in [7, 11) is 0. The van der Waals surface area contributed by atoms with Crippen molar-refractivity contribution in [1.82, 2.24) is 14.5 Å². The molecule has 1 aromatic carbocycles. The zero-order valence-corrected chi connectivity index (χ0v) is 16.5. The summed E-state index contributed by atoms with van der Waals surface area (Å²) in [5.41, 5.74) is 2.40. The van der Waals surface area contributed by atoms with E-state index in [0.29, 0.717) is 28.1 Å². The van der Waals surface area contributed by atoms with Crippen LogP contribution in [-0.2, 0) is 24.2 Å². The number of nitrogens with zero attached hydrogens (tertiary/aromatic N) is 3. The van der Waals surface area contributed by atoms with Crippen molar-refractivity contribution in [3.63, 3.8) is 0 Å². The van der Waals surface area contributed by atoms with Gasteiger partial charge in [0.25, 0.3) is 5.56 Å². The maximum Gasteiger partial charge on any atom is 0.272 e. The topological polar surface area (TPSA) is 76.9 Å². The Balaban J connectivity index is 1.69. The Kier molecular flexibility index (Phi) is 4.92. The minimum absolute atomic E-state index is 0.0673. The summed E-state index contributed by atoms with van der Waals surface area (Å²) in [4.78, 5) is 35.4. The predicted molar refractivity (Wildman–Crippen MR) is 113 cm³/mol. The van der Waals surface area contributed by atoms with E-state index in [1.54, 1.807) is 6.20 Å². The number of rotatable bonds is 5. The fourth-order valence-electron chi connectivity index (χ4n) is 3.21. The van der Waals surface area contributed by atoms with Gasteiger partial charge in [0.1, 0.15) is 21.9 Å². The van der Waals surface area contributed by atoms with Crippen LogP contribution in [-0.4, -0.2) is 20.4 Å². The third-order valence-corrected chi connectivity index (χ3v) is 5.79. The normalized spacial score (nSPS) is 11.2. The molecule has 0 aliphatic rings. The van der Waals surface area contributed by atoms with Crippen LogP contribution in [0.5, 0.6) is 0 Å². The molecule has 0 atom stereocenters. The van der Waals surface area contributed by atoms with Crippen molar-refractivity contribution in [3.05, 3.63) is 64.3 Å². The van der Waals surface area contributed by atoms with E-state index in [1.807, 2.05) is 43.3 Å². The van der Waals surface area contributed by atoms with Gasteiger partial charge in [0.2, 0.25) is 5.91 Å². The molecule has 0 radical (unpaired) electrons. The van der Waals surface area contributed by atoms with Gasteiger partial charge in [0, 0.05) is 23.7 Å². The quantitative estimate of drug-likeness (QED) is 0.561. The number of carbonyl (C=O) groups is 1. The molecule has 4 aromatic rings. The van der Waals surface area contributed by atoms with Crippen LogP contribution in [0.3, 0.4) is 0 Å². The van der Waals surface area contributed by atoms with Crippen LogP contribution in [0, 0.1) is 0 Å². The van der Waals surface area contributed by atoms with E-state index in [0.717, 1.165) is 16.6 Å². The first kappa shape index (κ1) is 18.3. The molecule has 1 N–H and O–H groups in total. The van der Waals surface area contributed by atoms with E-state index in [-0.39, 0.29) is 18.0 Å². The molecule has 0 saturated carbocycles. The minimum atomic E-state index is -0.249. The molecule has 142 valence electrons. The molecule has 1 amide bonds. The highest BCUT2D eigenvalue weighted by atomic mass is 32.1. The highest BCUT2D eigenvalue weighted by Crippen LogP contribution is 2.28. The van der Waals surface area contributed by atoms with Crippen molar-refractivity contribution in [1.29, 1.82) is 0 Å². The van der Waals surface area contributed by atoms with Crippen molar-refractivity contribution >= 4 is 43.4 Å². The third kappa shape index (κ3) is 3.29. The first-order valence-electron chi connectivity index (χ1n) is 9.26. The molecule has 4 rings (SSSR count). The molecule has 3 heterocycles. The predicted octanol–water partition coefficient (Wildman–Crippen LogP) is 3.77. The van der Waals surface area contributed by atoms with E-state index < -0.39 is 0 Å². The number of carbonyl (C=O) groups excluding carboxylic acids is 1. The van der Waals surface area contributed by atoms with E-state index in [9.17, 15) is 9.59 Å². The molecular weight excluding hydrogens is 372 g/mol. The van der Waals surface area contributed by atoms with Crippen LogP contribution in [0.4, 0.5) is 5.69 Å². The second-order valence-electron chi connectivity index (χ2n) is 6.51. The van der Waals surface area contributed by atoms with E-state index in [4.69, 9.17) is 0 Å². The number of aromatic nitrogens is 3. The fourth-order valence-corrected chi connectivity index (χ4v) is 4.24. The number of benzene rings is 1. The van der Waals surface area contributed by atoms with Gasteiger partial charge >= 0.3 is 0 Å². The van der Waals surface area contributed by atoms with E-state index in [1.165, 1.54) is 21.5 Å². The monoisotopic (exact) mass is 392 g/mol. The Morgan fingerprint density at radius 2 is 1.93 bits per heavy atom. The summed E-state index contributed by atoms with van der Waals surface area (Å²) in [6, 6.07) is 11.5. The molecule has 0 unspecified atom stereocenters. The van der Waals surface area contributed by atoms with Gasteiger partial charge in [-0.25, -0.2) is 9.97 Å². The molecule has 0 aliphatic carbocycles. The van der Waals surface area contributed by atoms with Crippen molar-refractivity contribution in [2.24, 2.45) is 0 Å². The Labute approximate surface area is 165 Å². The van der Waals surface area contributed by atoms with Crippen LogP contribution in [0.25, 0.3) is 20.4 Å².